The maximum absolute atomic E-state index is 12.5. The van der Waals surface area contributed by atoms with Crippen LogP contribution in [0.25, 0.3) is 0 Å². The summed E-state index contributed by atoms with van der Waals surface area (Å²) < 4.78 is 43.0. The van der Waals surface area contributed by atoms with Gasteiger partial charge < -0.3 is 14.5 Å². The summed E-state index contributed by atoms with van der Waals surface area (Å²) in [6, 6.07) is 9.23. The van der Waals surface area contributed by atoms with Crippen molar-refractivity contribution in [1.29, 1.82) is 0 Å². The zero-order chi connectivity index (χ0) is 18.3. The van der Waals surface area contributed by atoms with Crippen LogP contribution in [0, 0.1) is 0 Å². The zero-order valence-electron chi connectivity index (χ0n) is 13.8. The second-order valence-corrected chi connectivity index (χ2v) is 5.79. The second-order valence-electron chi connectivity index (χ2n) is 5.79. The first kappa shape index (κ1) is 19.1. The summed E-state index contributed by atoms with van der Waals surface area (Å²) >= 11 is 0. The van der Waals surface area contributed by atoms with Gasteiger partial charge in [0.1, 0.15) is 5.75 Å². The molecule has 1 aromatic carbocycles. The highest BCUT2D eigenvalue weighted by molar-refractivity contribution is 5.82. The summed E-state index contributed by atoms with van der Waals surface area (Å²) in [6.45, 7) is 0.798. The van der Waals surface area contributed by atoms with Gasteiger partial charge in [0.25, 0.3) is 0 Å². The minimum atomic E-state index is -4.87. The number of nitrogens with zero attached hydrogens (tertiary/aromatic N) is 2. The number of rotatable bonds is 5. The summed E-state index contributed by atoms with van der Waals surface area (Å²) in [4.78, 5) is 25.7. The van der Waals surface area contributed by atoms with Crippen molar-refractivity contribution in [2.45, 2.75) is 25.4 Å². The molecular weight excluding hydrogens is 337 g/mol. The fourth-order valence-electron chi connectivity index (χ4n) is 2.64. The Labute approximate surface area is 144 Å². The molecule has 1 aliphatic heterocycles. The van der Waals surface area contributed by atoms with Gasteiger partial charge in [-0.15, -0.1) is 0 Å². The lowest BCUT2D eigenvalue weighted by atomic mass is 10.2. The number of benzene rings is 1. The van der Waals surface area contributed by atoms with Gasteiger partial charge in [0, 0.05) is 32.6 Å². The lowest BCUT2D eigenvalue weighted by molar-refractivity contribution is -0.185. The molecule has 25 heavy (non-hydrogen) atoms. The molecule has 0 N–H and O–H groups in total. The van der Waals surface area contributed by atoms with Crippen LogP contribution >= 0.6 is 0 Å². The molecule has 0 radical (unpaired) electrons. The number of para-hydroxylation sites is 1. The van der Waals surface area contributed by atoms with Crippen LogP contribution in [0.1, 0.15) is 19.3 Å². The number of hydrogen-bond donors (Lipinski definition) is 0. The molecule has 138 valence electrons. The Balaban J connectivity index is 1.72. The molecule has 1 saturated heterocycles. The van der Waals surface area contributed by atoms with Crippen molar-refractivity contribution in [2.75, 3.05) is 32.8 Å². The van der Waals surface area contributed by atoms with Crippen molar-refractivity contribution < 1.29 is 27.5 Å². The lowest BCUT2D eigenvalue weighted by Gasteiger charge is -2.23. The Morgan fingerprint density at radius 3 is 2.32 bits per heavy atom. The SMILES string of the molecule is O=C(CCCOc1ccccc1)N1CCCN(C(=O)C(F)(F)F)CC1. The van der Waals surface area contributed by atoms with Crippen LogP contribution in [-0.4, -0.2) is 60.6 Å². The van der Waals surface area contributed by atoms with Crippen molar-refractivity contribution in [3.05, 3.63) is 30.3 Å². The smallest absolute Gasteiger partial charge is 0.471 e. The van der Waals surface area contributed by atoms with Gasteiger partial charge in [-0.3, -0.25) is 9.59 Å². The van der Waals surface area contributed by atoms with E-state index in [4.69, 9.17) is 4.74 Å². The number of hydrogen-bond acceptors (Lipinski definition) is 3. The summed E-state index contributed by atoms with van der Waals surface area (Å²) in [5.74, 6) is -1.23. The van der Waals surface area contributed by atoms with Crippen LogP contribution in [0.2, 0.25) is 0 Å². The number of carbonyl (C=O) groups is 2. The highest BCUT2D eigenvalue weighted by Crippen LogP contribution is 2.19. The Morgan fingerprint density at radius 2 is 1.64 bits per heavy atom. The highest BCUT2D eigenvalue weighted by Gasteiger charge is 2.42. The third kappa shape index (κ3) is 5.95. The van der Waals surface area contributed by atoms with Crippen LogP contribution in [0.15, 0.2) is 30.3 Å². The van der Waals surface area contributed by atoms with Gasteiger partial charge in [-0.2, -0.15) is 13.2 Å². The molecule has 0 unspecified atom stereocenters. The van der Waals surface area contributed by atoms with E-state index >= 15 is 0 Å². The van der Waals surface area contributed by atoms with Gasteiger partial charge in [-0.05, 0) is 25.0 Å². The van der Waals surface area contributed by atoms with Gasteiger partial charge in [-0.1, -0.05) is 18.2 Å². The van der Waals surface area contributed by atoms with Crippen molar-refractivity contribution in [3.63, 3.8) is 0 Å². The zero-order valence-corrected chi connectivity index (χ0v) is 13.8. The van der Waals surface area contributed by atoms with Crippen molar-refractivity contribution >= 4 is 11.8 Å². The molecule has 8 heteroatoms. The van der Waals surface area contributed by atoms with Gasteiger partial charge in [0.2, 0.25) is 5.91 Å². The van der Waals surface area contributed by atoms with E-state index in [2.05, 4.69) is 0 Å². The number of halogens is 3. The molecule has 1 fully saturated rings. The molecule has 2 rings (SSSR count). The average molecular weight is 358 g/mol. The third-order valence-corrected chi connectivity index (χ3v) is 3.93. The fourth-order valence-corrected chi connectivity index (χ4v) is 2.64. The van der Waals surface area contributed by atoms with Gasteiger partial charge in [0.15, 0.2) is 0 Å². The number of ether oxygens (including phenoxy) is 1. The molecule has 1 heterocycles. The first-order valence-electron chi connectivity index (χ1n) is 8.19. The Bertz CT molecular complexity index is 578. The Kier molecular flexibility index (Phi) is 6.66. The first-order chi connectivity index (χ1) is 11.9. The Hall–Kier alpha value is -2.25. The molecule has 0 saturated carbocycles. The maximum Gasteiger partial charge on any atom is 0.471 e. The highest BCUT2D eigenvalue weighted by atomic mass is 19.4. The predicted octanol–water partition coefficient (Wildman–Crippen LogP) is 2.47. The van der Waals surface area contributed by atoms with Crippen LogP contribution in [0.5, 0.6) is 5.75 Å². The predicted molar refractivity (Wildman–Crippen MR) is 85.0 cm³/mol. The molecule has 1 aromatic rings. The molecule has 1 aliphatic rings. The second kappa shape index (κ2) is 8.73. The summed E-state index contributed by atoms with van der Waals surface area (Å²) in [7, 11) is 0. The van der Waals surface area contributed by atoms with E-state index in [1.54, 1.807) is 0 Å². The average Bonchev–Trinajstić information content (AvgIpc) is 2.84. The summed E-state index contributed by atoms with van der Waals surface area (Å²) in [5.41, 5.74) is 0. The van der Waals surface area contributed by atoms with E-state index in [1.807, 2.05) is 30.3 Å². The number of carbonyl (C=O) groups excluding carboxylic acids is 2. The number of alkyl halides is 3. The summed E-state index contributed by atoms with van der Waals surface area (Å²) in [6.07, 6.45) is -3.74. The van der Waals surface area contributed by atoms with Crippen molar-refractivity contribution in [2.24, 2.45) is 0 Å². The van der Waals surface area contributed by atoms with E-state index < -0.39 is 12.1 Å². The van der Waals surface area contributed by atoms with Crippen LogP contribution in [0.4, 0.5) is 13.2 Å². The van der Waals surface area contributed by atoms with Crippen molar-refractivity contribution in [3.8, 4) is 5.75 Å². The van der Waals surface area contributed by atoms with E-state index in [1.165, 1.54) is 4.90 Å². The van der Waals surface area contributed by atoms with Crippen LogP contribution in [-0.2, 0) is 9.59 Å². The van der Waals surface area contributed by atoms with Gasteiger partial charge >= 0.3 is 12.1 Å². The Morgan fingerprint density at radius 1 is 1.00 bits per heavy atom. The molecular formula is C17H21F3N2O3. The first-order valence-corrected chi connectivity index (χ1v) is 8.19. The normalized spacial score (nSPS) is 15.6. The lowest BCUT2D eigenvalue weighted by Crippen LogP contribution is -2.43. The molecule has 5 nitrogen and oxygen atoms in total. The van der Waals surface area contributed by atoms with Crippen LogP contribution in [0.3, 0.4) is 0 Å². The monoisotopic (exact) mass is 358 g/mol. The molecule has 0 spiro atoms. The molecule has 0 aliphatic carbocycles. The van der Waals surface area contributed by atoms with E-state index in [0.717, 1.165) is 10.6 Å². The maximum atomic E-state index is 12.5. The number of amides is 2. The van der Waals surface area contributed by atoms with E-state index in [-0.39, 0.29) is 32.0 Å². The topological polar surface area (TPSA) is 49.9 Å². The molecule has 0 aromatic heterocycles. The summed E-state index contributed by atoms with van der Waals surface area (Å²) in [5, 5.41) is 0. The third-order valence-electron chi connectivity index (χ3n) is 3.93. The quantitative estimate of drug-likeness (QED) is 0.760. The molecule has 0 bridgehead atoms. The largest absolute Gasteiger partial charge is 0.494 e. The molecule has 0 atom stereocenters. The van der Waals surface area contributed by atoms with E-state index in [0.29, 0.717) is 26.0 Å². The van der Waals surface area contributed by atoms with Crippen molar-refractivity contribution in [1.82, 2.24) is 9.80 Å². The fraction of sp³-hybridized carbons (Fsp3) is 0.529. The standard InChI is InChI=1S/C17H21F3N2O3/c18-17(19,20)16(24)22-10-5-9-21(11-12-22)15(23)8-4-13-25-14-6-2-1-3-7-14/h1-3,6-7H,4-5,8-13H2. The minimum absolute atomic E-state index is 0.0131. The molecule has 2 amide bonds. The van der Waals surface area contributed by atoms with Crippen LogP contribution < -0.4 is 4.74 Å². The van der Waals surface area contributed by atoms with Gasteiger partial charge in [0.05, 0.1) is 6.61 Å². The minimum Gasteiger partial charge on any atom is -0.494 e. The van der Waals surface area contributed by atoms with Gasteiger partial charge in [-0.25, -0.2) is 0 Å². The van der Waals surface area contributed by atoms with E-state index in [9.17, 15) is 22.8 Å².